The van der Waals surface area contributed by atoms with Crippen LogP contribution in [0.15, 0.2) is 29.3 Å². The van der Waals surface area contributed by atoms with E-state index in [1.165, 1.54) is 5.56 Å². The molecule has 176 valence electrons. The maximum atomic E-state index is 11.4. The molecule has 0 spiro atoms. The van der Waals surface area contributed by atoms with Crippen molar-refractivity contribution in [1.82, 2.24) is 20.4 Å². The van der Waals surface area contributed by atoms with Crippen LogP contribution >= 0.6 is 24.0 Å². The smallest absolute Gasteiger partial charge is 0.219 e. The van der Waals surface area contributed by atoms with Crippen molar-refractivity contribution in [1.29, 1.82) is 0 Å². The molecule has 1 fully saturated rings. The maximum Gasteiger partial charge on any atom is 0.219 e. The Morgan fingerprint density at radius 2 is 1.77 bits per heavy atom. The zero-order valence-electron chi connectivity index (χ0n) is 19.7. The molecule has 1 aromatic carbocycles. The molecule has 2 rings (SSSR count). The Morgan fingerprint density at radius 1 is 1.13 bits per heavy atom. The number of ether oxygens (including phenoxy) is 1. The van der Waals surface area contributed by atoms with E-state index in [-0.39, 0.29) is 35.9 Å². The van der Waals surface area contributed by atoms with Gasteiger partial charge in [0.15, 0.2) is 5.96 Å². The van der Waals surface area contributed by atoms with Crippen LogP contribution in [0.5, 0.6) is 5.75 Å². The Hall–Kier alpha value is -1.55. The molecule has 1 aromatic rings. The molecule has 0 bridgehead atoms. The molecule has 1 aliphatic rings. The highest BCUT2D eigenvalue weighted by atomic mass is 127. The first-order valence-corrected chi connectivity index (χ1v) is 11.1. The van der Waals surface area contributed by atoms with Crippen molar-refractivity contribution in [2.45, 2.75) is 40.7 Å². The topological polar surface area (TPSA) is 69.2 Å². The van der Waals surface area contributed by atoms with Crippen molar-refractivity contribution in [2.24, 2.45) is 10.9 Å². The summed E-state index contributed by atoms with van der Waals surface area (Å²) in [7, 11) is 0. The van der Waals surface area contributed by atoms with Gasteiger partial charge in [0.1, 0.15) is 5.75 Å². The van der Waals surface area contributed by atoms with Gasteiger partial charge in [-0.3, -0.25) is 14.7 Å². The van der Waals surface area contributed by atoms with Crippen LogP contribution in [0.25, 0.3) is 0 Å². The average Bonchev–Trinajstić information content (AvgIpc) is 2.73. The normalized spacial score (nSPS) is 15.9. The lowest BCUT2D eigenvalue weighted by Crippen LogP contribution is -2.48. The second-order valence-electron chi connectivity index (χ2n) is 8.25. The van der Waals surface area contributed by atoms with Gasteiger partial charge in [-0.2, -0.15) is 0 Å². The van der Waals surface area contributed by atoms with Gasteiger partial charge in [0.05, 0.1) is 19.2 Å². The lowest BCUT2D eigenvalue weighted by Gasteiger charge is -2.33. The quantitative estimate of drug-likeness (QED) is 0.284. The molecule has 8 heteroatoms. The Bertz CT molecular complexity index is 673. The van der Waals surface area contributed by atoms with E-state index in [2.05, 4.69) is 55.4 Å². The fraction of sp³-hybridized carbons (Fsp3) is 0.652. The summed E-state index contributed by atoms with van der Waals surface area (Å²) in [6, 6.07) is 8.40. The minimum Gasteiger partial charge on any atom is -0.493 e. The van der Waals surface area contributed by atoms with Crippen LogP contribution < -0.4 is 15.4 Å². The van der Waals surface area contributed by atoms with Crippen molar-refractivity contribution in [3.63, 3.8) is 0 Å². The van der Waals surface area contributed by atoms with Crippen molar-refractivity contribution in [3.8, 4) is 5.75 Å². The third kappa shape index (κ3) is 10.1. The Kier molecular flexibility index (Phi) is 12.9. The molecule has 2 N–H and O–H groups in total. The zero-order valence-corrected chi connectivity index (χ0v) is 22.0. The molecule has 7 nitrogen and oxygen atoms in total. The summed E-state index contributed by atoms with van der Waals surface area (Å²) in [5.74, 6) is 2.42. The molecule has 1 atom stereocenters. The van der Waals surface area contributed by atoms with Crippen LogP contribution in [-0.2, 0) is 4.79 Å². The molecular formula is C23H40IN5O2. The lowest BCUT2D eigenvalue weighted by molar-refractivity contribution is -0.130. The van der Waals surface area contributed by atoms with Gasteiger partial charge >= 0.3 is 0 Å². The summed E-state index contributed by atoms with van der Waals surface area (Å²) >= 11 is 0. The number of guanidine groups is 1. The fourth-order valence-electron chi connectivity index (χ4n) is 3.31. The molecular weight excluding hydrogens is 505 g/mol. The first-order valence-electron chi connectivity index (χ1n) is 11.1. The zero-order chi connectivity index (χ0) is 21.9. The SMILES string of the molecule is CCNC(=NCCN1CCN(C(C)=O)CC1)NC(C)c1ccc(OCC(C)C)cc1.I. The average molecular weight is 546 g/mol. The van der Waals surface area contributed by atoms with Gasteiger partial charge in [-0.1, -0.05) is 26.0 Å². The number of nitrogens with zero attached hydrogens (tertiary/aromatic N) is 3. The summed E-state index contributed by atoms with van der Waals surface area (Å²) in [5.41, 5.74) is 1.19. The van der Waals surface area contributed by atoms with Gasteiger partial charge in [0, 0.05) is 46.2 Å². The second-order valence-corrected chi connectivity index (χ2v) is 8.25. The molecule has 1 aliphatic heterocycles. The molecule has 0 aromatic heterocycles. The molecule has 1 heterocycles. The van der Waals surface area contributed by atoms with Crippen LogP contribution in [-0.4, -0.2) is 74.1 Å². The van der Waals surface area contributed by atoms with Crippen LogP contribution in [0, 0.1) is 5.92 Å². The number of carbonyl (C=O) groups is 1. The number of amides is 1. The predicted octanol–water partition coefficient (Wildman–Crippen LogP) is 3.12. The molecule has 31 heavy (non-hydrogen) atoms. The van der Waals surface area contributed by atoms with E-state index in [1.54, 1.807) is 6.92 Å². The van der Waals surface area contributed by atoms with Gasteiger partial charge < -0.3 is 20.3 Å². The Balaban J connectivity index is 0.00000480. The van der Waals surface area contributed by atoms with E-state index in [0.717, 1.165) is 64.1 Å². The predicted molar refractivity (Wildman–Crippen MR) is 138 cm³/mol. The van der Waals surface area contributed by atoms with Gasteiger partial charge in [0.25, 0.3) is 0 Å². The summed E-state index contributed by atoms with van der Waals surface area (Å²) in [5, 5.41) is 6.82. The first-order chi connectivity index (χ1) is 14.4. The van der Waals surface area contributed by atoms with Crippen LogP contribution in [0.3, 0.4) is 0 Å². The van der Waals surface area contributed by atoms with Gasteiger partial charge in [-0.15, -0.1) is 24.0 Å². The molecule has 1 amide bonds. The summed E-state index contributed by atoms with van der Waals surface area (Å²) < 4.78 is 5.77. The van der Waals surface area contributed by atoms with Crippen LogP contribution in [0.2, 0.25) is 0 Å². The standard InChI is InChI=1S/C23H39N5O2.HI/c1-6-24-23(25-11-12-27-13-15-28(16-14-27)20(5)29)26-19(4)21-7-9-22(10-8-21)30-17-18(2)3;/h7-10,18-19H,6,11-17H2,1-5H3,(H2,24,25,26);1H. The number of piperazine rings is 1. The summed E-state index contributed by atoms with van der Waals surface area (Å²) in [6.45, 7) is 16.8. The van der Waals surface area contributed by atoms with E-state index in [9.17, 15) is 4.79 Å². The number of carbonyl (C=O) groups excluding carboxylic acids is 1. The molecule has 1 unspecified atom stereocenters. The van der Waals surface area contributed by atoms with E-state index < -0.39 is 0 Å². The highest BCUT2D eigenvalue weighted by molar-refractivity contribution is 14.0. The number of nitrogens with one attached hydrogen (secondary N) is 2. The number of benzene rings is 1. The number of halogens is 1. The van der Waals surface area contributed by atoms with Crippen molar-refractivity contribution < 1.29 is 9.53 Å². The Morgan fingerprint density at radius 3 is 2.32 bits per heavy atom. The number of hydrogen-bond donors (Lipinski definition) is 2. The third-order valence-corrected chi connectivity index (χ3v) is 5.16. The monoisotopic (exact) mass is 545 g/mol. The Labute approximate surface area is 205 Å². The van der Waals surface area contributed by atoms with E-state index in [1.807, 2.05) is 17.0 Å². The van der Waals surface area contributed by atoms with Gasteiger partial charge in [0.2, 0.25) is 5.91 Å². The lowest BCUT2D eigenvalue weighted by atomic mass is 10.1. The van der Waals surface area contributed by atoms with Crippen LogP contribution in [0.4, 0.5) is 0 Å². The molecule has 0 aliphatic carbocycles. The van der Waals surface area contributed by atoms with E-state index >= 15 is 0 Å². The van der Waals surface area contributed by atoms with E-state index in [0.29, 0.717) is 5.92 Å². The highest BCUT2D eigenvalue weighted by Crippen LogP contribution is 2.18. The fourth-order valence-corrected chi connectivity index (χ4v) is 3.31. The highest BCUT2D eigenvalue weighted by Gasteiger charge is 2.18. The van der Waals surface area contributed by atoms with E-state index in [4.69, 9.17) is 9.73 Å². The molecule has 1 saturated heterocycles. The van der Waals surface area contributed by atoms with Crippen molar-refractivity contribution in [3.05, 3.63) is 29.8 Å². The van der Waals surface area contributed by atoms with Crippen LogP contribution in [0.1, 0.15) is 46.2 Å². The minimum absolute atomic E-state index is 0. The second kappa shape index (κ2) is 14.5. The summed E-state index contributed by atoms with van der Waals surface area (Å²) in [6.07, 6.45) is 0. The molecule has 0 saturated carbocycles. The number of rotatable bonds is 9. The van der Waals surface area contributed by atoms with Gasteiger partial charge in [-0.05, 0) is 37.5 Å². The molecule has 0 radical (unpaired) electrons. The number of aliphatic imine (C=N–C) groups is 1. The minimum atomic E-state index is 0. The van der Waals surface area contributed by atoms with Gasteiger partial charge in [-0.25, -0.2) is 0 Å². The first kappa shape index (κ1) is 27.5. The summed E-state index contributed by atoms with van der Waals surface area (Å²) in [4.78, 5) is 20.5. The number of hydrogen-bond acceptors (Lipinski definition) is 4. The third-order valence-electron chi connectivity index (χ3n) is 5.16. The van der Waals surface area contributed by atoms with Crippen molar-refractivity contribution in [2.75, 3.05) is 52.4 Å². The van der Waals surface area contributed by atoms with Crippen molar-refractivity contribution >= 4 is 35.8 Å². The largest absolute Gasteiger partial charge is 0.493 e. The maximum absolute atomic E-state index is 11.4.